The Morgan fingerprint density at radius 1 is 1.17 bits per heavy atom. The summed E-state index contributed by atoms with van der Waals surface area (Å²) in [7, 11) is 0. The number of amides is 2. The van der Waals surface area contributed by atoms with Gasteiger partial charge >= 0.3 is 6.09 Å². The number of pyridine rings is 1. The molecular weight excluding hydrogens is 389 g/mol. The first-order valence-corrected chi connectivity index (χ1v) is 9.75. The van der Waals surface area contributed by atoms with Gasteiger partial charge in [-0.2, -0.15) is 0 Å². The second kappa shape index (κ2) is 8.56. The monoisotopic (exact) mass is 415 g/mol. The number of aromatic nitrogens is 1. The summed E-state index contributed by atoms with van der Waals surface area (Å²) in [6, 6.07) is 6.01. The Morgan fingerprint density at radius 3 is 2.33 bits per heavy atom. The molecule has 6 N–H and O–H groups in total. The van der Waals surface area contributed by atoms with Gasteiger partial charge in [0.25, 0.3) is 5.91 Å². The largest absolute Gasteiger partial charge is 0.465 e. The molecule has 2 amide bonds. The van der Waals surface area contributed by atoms with Gasteiger partial charge in [-0.1, -0.05) is 6.07 Å². The first-order valence-electron chi connectivity index (χ1n) is 9.75. The number of nitrogens with zero attached hydrogens (tertiary/aromatic N) is 1. The van der Waals surface area contributed by atoms with E-state index in [2.05, 4.69) is 20.9 Å². The molecular formula is C21H26FN5O3. The SMILES string of the molecule is Cc1cc(C)cc(Nc2nc(N[C@@H](C3CC3)[C@H](C)NC(=O)O)c(F)cc2C(N)=O)c1. The minimum absolute atomic E-state index is 0.0668. The Hall–Kier alpha value is -3.36. The molecule has 0 bridgehead atoms. The number of aryl methyl sites for hydroxylation is 2. The molecule has 1 aliphatic rings. The van der Waals surface area contributed by atoms with Crippen LogP contribution >= 0.6 is 0 Å². The molecule has 0 saturated heterocycles. The molecule has 0 spiro atoms. The number of nitrogens with two attached hydrogens (primary N) is 1. The number of hydrogen-bond donors (Lipinski definition) is 5. The zero-order valence-electron chi connectivity index (χ0n) is 17.1. The number of primary amides is 1. The fourth-order valence-corrected chi connectivity index (χ4v) is 3.61. The summed E-state index contributed by atoms with van der Waals surface area (Å²) in [5, 5.41) is 17.5. The Labute approximate surface area is 174 Å². The van der Waals surface area contributed by atoms with Crippen LogP contribution in [0.5, 0.6) is 0 Å². The Morgan fingerprint density at radius 2 is 1.80 bits per heavy atom. The molecule has 0 unspecified atom stereocenters. The van der Waals surface area contributed by atoms with E-state index in [0.29, 0.717) is 5.69 Å². The van der Waals surface area contributed by atoms with Gasteiger partial charge in [0.15, 0.2) is 11.6 Å². The van der Waals surface area contributed by atoms with E-state index < -0.39 is 23.9 Å². The summed E-state index contributed by atoms with van der Waals surface area (Å²) in [4.78, 5) is 27.2. The van der Waals surface area contributed by atoms with E-state index in [4.69, 9.17) is 10.8 Å². The van der Waals surface area contributed by atoms with Crippen LogP contribution in [0.4, 0.5) is 26.5 Å². The normalized spacial score (nSPS) is 15.2. The van der Waals surface area contributed by atoms with Crippen molar-refractivity contribution >= 4 is 29.3 Å². The molecule has 1 heterocycles. The third-order valence-corrected chi connectivity index (χ3v) is 5.05. The zero-order chi connectivity index (χ0) is 22.0. The lowest BCUT2D eigenvalue weighted by molar-refractivity contribution is 0.100. The predicted molar refractivity (Wildman–Crippen MR) is 113 cm³/mol. The number of anilines is 3. The lowest BCUT2D eigenvalue weighted by atomic mass is 10.0. The second-order valence-electron chi connectivity index (χ2n) is 7.83. The average molecular weight is 415 g/mol. The van der Waals surface area contributed by atoms with Gasteiger partial charge in [0.2, 0.25) is 0 Å². The smallest absolute Gasteiger partial charge is 0.404 e. The van der Waals surface area contributed by atoms with Gasteiger partial charge in [0.1, 0.15) is 5.82 Å². The molecule has 2 aromatic rings. The van der Waals surface area contributed by atoms with Gasteiger partial charge in [-0.3, -0.25) is 4.79 Å². The van der Waals surface area contributed by atoms with E-state index in [0.717, 1.165) is 30.0 Å². The summed E-state index contributed by atoms with van der Waals surface area (Å²) in [6.45, 7) is 5.60. The number of carbonyl (C=O) groups is 2. The van der Waals surface area contributed by atoms with Gasteiger partial charge in [0.05, 0.1) is 11.6 Å². The third kappa shape index (κ3) is 5.16. The van der Waals surface area contributed by atoms with Crippen LogP contribution in [-0.2, 0) is 0 Å². The molecule has 1 fully saturated rings. The molecule has 1 saturated carbocycles. The van der Waals surface area contributed by atoms with Crippen LogP contribution in [0.3, 0.4) is 0 Å². The van der Waals surface area contributed by atoms with Crippen molar-refractivity contribution < 1.29 is 19.1 Å². The maximum absolute atomic E-state index is 14.7. The molecule has 160 valence electrons. The molecule has 3 rings (SSSR count). The lowest BCUT2D eigenvalue weighted by Gasteiger charge is -2.26. The first-order chi connectivity index (χ1) is 14.1. The highest BCUT2D eigenvalue weighted by molar-refractivity contribution is 5.98. The van der Waals surface area contributed by atoms with Gasteiger partial charge < -0.3 is 26.8 Å². The van der Waals surface area contributed by atoms with Crippen molar-refractivity contribution in [3.63, 3.8) is 0 Å². The summed E-state index contributed by atoms with van der Waals surface area (Å²) >= 11 is 0. The van der Waals surface area contributed by atoms with Crippen LogP contribution < -0.4 is 21.7 Å². The number of carbonyl (C=O) groups excluding carboxylic acids is 1. The van der Waals surface area contributed by atoms with Crippen molar-refractivity contribution in [2.24, 2.45) is 11.7 Å². The molecule has 30 heavy (non-hydrogen) atoms. The molecule has 1 aromatic carbocycles. The minimum atomic E-state index is -1.15. The van der Waals surface area contributed by atoms with Gasteiger partial charge in [-0.25, -0.2) is 14.2 Å². The molecule has 2 atom stereocenters. The lowest BCUT2D eigenvalue weighted by Crippen LogP contribution is -2.45. The number of nitrogens with one attached hydrogen (secondary N) is 3. The highest BCUT2D eigenvalue weighted by Crippen LogP contribution is 2.36. The molecule has 1 aromatic heterocycles. The van der Waals surface area contributed by atoms with Crippen molar-refractivity contribution in [3.05, 3.63) is 46.8 Å². The van der Waals surface area contributed by atoms with E-state index in [9.17, 15) is 14.0 Å². The number of carboxylic acid groups (broad SMARTS) is 1. The highest BCUT2D eigenvalue weighted by Gasteiger charge is 2.36. The van der Waals surface area contributed by atoms with Gasteiger partial charge in [-0.15, -0.1) is 0 Å². The molecule has 0 radical (unpaired) electrons. The van der Waals surface area contributed by atoms with Crippen molar-refractivity contribution in [2.75, 3.05) is 10.6 Å². The topological polar surface area (TPSA) is 129 Å². The second-order valence-corrected chi connectivity index (χ2v) is 7.83. The fraction of sp³-hybridized carbons (Fsp3) is 0.381. The van der Waals surface area contributed by atoms with Crippen molar-refractivity contribution in [1.29, 1.82) is 0 Å². The van der Waals surface area contributed by atoms with Crippen molar-refractivity contribution in [2.45, 2.75) is 45.7 Å². The Kier molecular flexibility index (Phi) is 6.09. The summed E-state index contributed by atoms with van der Waals surface area (Å²) in [5.41, 5.74) is 8.08. The van der Waals surface area contributed by atoms with E-state index in [1.807, 2.05) is 32.0 Å². The summed E-state index contributed by atoms with van der Waals surface area (Å²) in [6.07, 6.45) is 0.681. The minimum Gasteiger partial charge on any atom is -0.465 e. The number of rotatable bonds is 8. The highest BCUT2D eigenvalue weighted by atomic mass is 19.1. The first kappa shape index (κ1) is 21.4. The standard InChI is InChI=1S/C21H26FN5O3/c1-10-6-11(2)8-14(7-10)25-19-15(18(23)28)9-16(22)20(27-19)26-17(13-4-5-13)12(3)24-21(29)30/h6-9,12-13,17,24H,4-5H2,1-3H3,(H2,23,28)(H,29,30)(H2,25,26,27)/t12-,17+/m0/s1. The van der Waals surface area contributed by atoms with Crippen LogP contribution in [0.25, 0.3) is 0 Å². The number of hydrogen-bond acceptors (Lipinski definition) is 5. The van der Waals surface area contributed by atoms with Crippen LogP contribution in [0, 0.1) is 25.6 Å². The fourth-order valence-electron chi connectivity index (χ4n) is 3.61. The van der Waals surface area contributed by atoms with E-state index in [1.165, 1.54) is 0 Å². The van der Waals surface area contributed by atoms with Crippen LogP contribution in [0.1, 0.15) is 41.3 Å². The van der Waals surface area contributed by atoms with Crippen molar-refractivity contribution in [3.8, 4) is 0 Å². The predicted octanol–water partition coefficient (Wildman–Crippen LogP) is 3.53. The Balaban J connectivity index is 1.94. The molecule has 0 aliphatic heterocycles. The maximum atomic E-state index is 14.7. The van der Waals surface area contributed by atoms with Crippen LogP contribution in [0.2, 0.25) is 0 Å². The van der Waals surface area contributed by atoms with E-state index in [-0.39, 0.29) is 29.2 Å². The maximum Gasteiger partial charge on any atom is 0.404 e. The van der Waals surface area contributed by atoms with E-state index in [1.54, 1.807) is 6.92 Å². The Bertz CT molecular complexity index is 957. The molecule has 9 heteroatoms. The number of halogens is 1. The zero-order valence-corrected chi connectivity index (χ0v) is 17.1. The van der Waals surface area contributed by atoms with Crippen LogP contribution in [0.15, 0.2) is 24.3 Å². The molecule has 8 nitrogen and oxygen atoms in total. The average Bonchev–Trinajstić information content (AvgIpc) is 3.44. The summed E-state index contributed by atoms with van der Waals surface area (Å²) < 4.78 is 14.7. The third-order valence-electron chi connectivity index (χ3n) is 5.05. The van der Waals surface area contributed by atoms with Crippen molar-refractivity contribution in [1.82, 2.24) is 10.3 Å². The quantitative estimate of drug-likeness (QED) is 0.449. The molecule has 1 aliphatic carbocycles. The summed E-state index contributed by atoms with van der Waals surface area (Å²) in [5.74, 6) is -1.27. The van der Waals surface area contributed by atoms with Gasteiger partial charge in [0, 0.05) is 11.7 Å². The van der Waals surface area contributed by atoms with E-state index >= 15 is 0 Å². The van der Waals surface area contributed by atoms with Gasteiger partial charge in [-0.05, 0) is 68.9 Å². The van der Waals surface area contributed by atoms with Crippen LogP contribution in [-0.4, -0.2) is 34.2 Å². The number of benzene rings is 1.